The Morgan fingerprint density at radius 2 is 2.04 bits per heavy atom. The average molecular weight is 388 g/mol. The zero-order valence-electron chi connectivity index (χ0n) is 15.9. The number of carbonyl (C=O) groups excluding carboxylic acids is 1. The van der Waals surface area contributed by atoms with Crippen LogP contribution in [-0.4, -0.2) is 16.1 Å². The van der Waals surface area contributed by atoms with Crippen LogP contribution >= 0.6 is 11.8 Å². The van der Waals surface area contributed by atoms with Crippen molar-refractivity contribution in [2.45, 2.75) is 56.7 Å². The third kappa shape index (κ3) is 4.53. The second-order valence-corrected chi connectivity index (χ2v) is 9.27. The summed E-state index contributed by atoms with van der Waals surface area (Å²) in [5, 5.41) is 13.6. The van der Waals surface area contributed by atoms with Crippen LogP contribution in [0.2, 0.25) is 0 Å². The molecule has 0 fully saturated rings. The van der Waals surface area contributed by atoms with Gasteiger partial charge in [-0.2, -0.15) is 0 Å². The van der Waals surface area contributed by atoms with Crippen LogP contribution in [0.3, 0.4) is 0 Å². The number of rotatable bonds is 5. The first kappa shape index (κ1) is 19.5. The normalized spacial score (nSPS) is 19.2. The minimum atomic E-state index is -0.431. The summed E-state index contributed by atoms with van der Waals surface area (Å²) in [5.41, 5.74) is 1.18. The number of hydrogen-bond acceptors (Lipinski definition) is 5. The Morgan fingerprint density at radius 1 is 1.37 bits per heavy atom. The molecular weight excluding hydrogens is 364 g/mol. The Hall–Kier alpha value is -2.28. The van der Waals surface area contributed by atoms with Gasteiger partial charge in [-0.3, -0.25) is 14.9 Å². The highest BCUT2D eigenvalue weighted by atomic mass is 32.2. The maximum Gasteiger partial charge on any atom is 0.269 e. The summed E-state index contributed by atoms with van der Waals surface area (Å²) >= 11 is 1.39. The van der Waals surface area contributed by atoms with Crippen molar-refractivity contribution in [3.8, 4) is 0 Å². The molecule has 27 heavy (non-hydrogen) atoms. The first-order chi connectivity index (χ1) is 12.6. The maximum atomic E-state index is 12.7. The van der Waals surface area contributed by atoms with E-state index in [1.807, 2.05) is 19.9 Å². The van der Waals surface area contributed by atoms with Crippen LogP contribution in [-0.2, 0) is 11.2 Å². The number of hydrogen-bond donors (Lipinski definition) is 1. The lowest BCUT2D eigenvalue weighted by Gasteiger charge is -2.35. The van der Waals surface area contributed by atoms with Gasteiger partial charge in [0.1, 0.15) is 11.5 Å². The first-order valence-electron chi connectivity index (χ1n) is 8.95. The Labute approximate surface area is 162 Å². The van der Waals surface area contributed by atoms with E-state index in [2.05, 4.69) is 19.2 Å². The number of nitro benzene ring substituents is 1. The molecule has 0 radical (unpaired) electrons. The standard InChI is InChI=1S/C20H24N2O4S/c1-12-9-16-17(10-20(3,4)11-18(16)26-12)21-19(23)13(2)27-15-7-5-14(6-8-15)22(24)25/h5-9,13,17H,10-11H2,1-4H3,(H,21,23). The third-order valence-corrected chi connectivity index (χ3v) is 5.89. The van der Waals surface area contributed by atoms with E-state index in [0.717, 1.165) is 34.8 Å². The maximum absolute atomic E-state index is 12.7. The van der Waals surface area contributed by atoms with Gasteiger partial charge < -0.3 is 9.73 Å². The molecule has 0 bridgehead atoms. The highest BCUT2D eigenvalue weighted by Gasteiger charge is 2.36. The molecule has 1 aromatic heterocycles. The molecule has 1 aromatic carbocycles. The predicted molar refractivity (Wildman–Crippen MR) is 105 cm³/mol. The molecule has 2 aromatic rings. The van der Waals surface area contributed by atoms with Gasteiger partial charge in [0.2, 0.25) is 5.91 Å². The van der Waals surface area contributed by atoms with Gasteiger partial charge in [-0.1, -0.05) is 13.8 Å². The van der Waals surface area contributed by atoms with Crippen LogP contribution in [0.5, 0.6) is 0 Å². The molecule has 1 amide bonds. The van der Waals surface area contributed by atoms with E-state index < -0.39 is 4.92 Å². The van der Waals surface area contributed by atoms with E-state index in [4.69, 9.17) is 4.42 Å². The lowest BCUT2D eigenvalue weighted by atomic mass is 9.74. The van der Waals surface area contributed by atoms with Gasteiger partial charge in [-0.05, 0) is 43.9 Å². The molecule has 0 aliphatic heterocycles. The SMILES string of the molecule is Cc1cc2c(o1)CC(C)(C)CC2NC(=O)C(C)Sc1ccc([N+](=O)[O-])cc1. The lowest BCUT2D eigenvalue weighted by molar-refractivity contribution is -0.384. The summed E-state index contributed by atoms with van der Waals surface area (Å²) in [6.45, 7) is 8.14. The molecule has 6 nitrogen and oxygen atoms in total. The number of nitrogens with zero attached hydrogens (tertiary/aromatic N) is 1. The zero-order chi connectivity index (χ0) is 19.8. The number of benzene rings is 1. The van der Waals surface area contributed by atoms with Crippen molar-refractivity contribution in [1.82, 2.24) is 5.32 Å². The van der Waals surface area contributed by atoms with Gasteiger partial charge >= 0.3 is 0 Å². The Kier molecular flexibility index (Phi) is 5.33. The molecule has 3 rings (SSSR count). The topological polar surface area (TPSA) is 85.4 Å². The quantitative estimate of drug-likeness (QED) is 0.451. The molecule has 1 aliphatic carbocycles. The molecule has 1 heterocycles. The van der Waals surface area contributed by atoms with Crippen LogP contribution in [0.1, 0.15) is 50.3 Å². The number of aryl methyl sites for hydroxylation is 1. The molecule has 7 heteroatoms. The first-order valence-corrected chi connectivity index (χ1v) is 9.83. The minimum Gasteiger partial charge on any atom is -0.466 e. The predicted octanol–water partition coefficient (Wildman–Crippen LogP) is 4.81. The molecule has 0 spiro atoms. The number of nitro groups is 1. The van der Waals surface area contributed by atoms with Crippen molar-refractivity contribution in [3.05, 3.63) is 57.5 Å². The molecular formula is C20H24N2O4S. The number of thioether (sulfide) groups is 1. The summed E-state index contributed by atoms with van der Waals surface area (Å²) in [4.78, 5) is 23.9. The van der Waals surface area contributed by atoms with Crippen molar-refractivity contribution in [2.75, 3.05) is 0 Å². The molecule has 2 unspecified atom stereocenters. The smallest absolute Gasteiger partial charge is 0.269 e. The number of carbonyl (C=O) groups is 1. The number of amides is 1. The molecule has 2 atom stereocenters. The van der Waals surface area contributed by atoms with Gasteiger partial charge in [-0.15, -0.1) is 11.8 Å². The number of non-ortho nitro benzene ring substituents is 1. The molecule has 1 N–H and O–H groups in total. The highest BCUT2D eigenvalue weighted by Crippen LogP contribution is 2.42. The van der Waals surface area contributed by atoms with Gasteiger partial charge in [0.15, 0.2) is 0 Å². The van der Waals surface area contributed by atoms with Crippen molar-refractivity contribution in [1.29, 1.82) is 0 Å². The van der Waals surface area contributed by atoms with Gasteiger partial charge in [0, 0.05) is 29.0 Å². The Bertz CT molecular complexity index is 857. The second-order valence-electron chi connectivity index (χ2n) is 7.85. The summed E-state index contributed by atoms with van der Waals surface area (Å²) in [5.74, 6) is 1.78. The van der Waals surface area contributed by atoms with Crippen LogP contribution in [0.25, 0.3) is 0 Å². The summed E-state index contributed by atoms with van der Waals surface area (Å²) in [6, 6.07) is 8.22. The van der Waals surface area contributed by atoms with Gasteiger partial charge in [-0.25, -0.2) is 0 Å². The van der Waals surface area contributed by atoms with Gasteiger partial charge in [0.05, 0.1) is 16.2 Å². The molecule has 144 valence electrons. The zero-order valence-corrected chi connectivity index (χ0v) is 16.8. The third-order valence-electron chi connectivity index (χ3n) is 4.78. The van der Waals surface area contributed by atoms with E-state index >= 15 is 0 Å². The number of fused-ring (bicyclic) bond motifs is 1. The van der Waals surface area contributed by atoms with E-state index in [-0.39, 0.29) is 28.3 Å². The monoisotopic (exact) mass is 388 g/mol. The van der Waals surface area contributed by atoms with E-state index in [0.29, 0.717) is 0 Å². The molecule has 0 saturated heterocycles. The Morgan fingerprint density at radius 3 is 2.67 bits per heavy atom. The van der Waals surface area contributed by atoms with Crippen LogP contribution < -0.4 is 5.32 Å². The fraction of sp³-hybridized carbons (Fsp3) is 0.450. The average Bonchev–Trinajstić information content (AvgIpc) is 2.94. The van der Waals surface area contributed by atoms with E-state index in [1.54, 1.807) is 12.1 Å². The lowest BCUT2D eigenvalue weighted by Crippen LogP contribution is -2.39. The minimum absolute atomic E-state index is 0.0451. The van der Waals surface area contributed by atoms with Gasteiger partial charge in [0.25, 0.3) is 5.69 Å². The fourth-order valence-corrected chi connectivity index (χ4v) is 4.38. The highest BCUT2D eigenvalue weighted by molar-refractivity contribution is 8.00. The largest absolute Gasteiger partial charge is 0.466 e. The van der Waals surface area contributed by atoms with Crippen molar-refractivity contribution in [2.24, 2.45) is 5.41 Å². The second kappa shape index (κ2) is 7.38. The summed E-state index contributed by atoms with van der Waals surface area (Å²) in [7, 11) is 0. The fourth-order valence-electron chi connectivity index (χ4n) is 3.51. The van der Waals surface area contributed by atoms with Crippen LogP contribution in [0, 0.1) is 22.5 Å². The van der Waals surface area contributed by atoms with Crippen LogP contribution in [0.4, 0.5) is 5.69 Å². The number of nitrogens with one attached hydrogen (secondary N) is 1. The van der Waals surface area contributed by atoms with E-state index in [1.165, 1.54) is 23.9 Å². The van der Waals surface area contributed by atoms with Crippen molar-refractivity contribution < 1.29 is 14.1 Å². The Balaban J connectivity index is 1.68. The van der Waals surface area contributed by atoms with Crippen molar-refractivity contribution in [3.63, 3.8) is 0 Å². The number of furan rings is 1. The van der Waals surface area contributed by atoms with Crippen molar-refractivity contribution >= 4 is 23.4 Å². The molecule has 0 saturated carbocycles. The molecule has 1 aliphatic rings. The van der Waals surface area contributed by atoms with Crippen LogP contribution in [0.15, 0.2) is 39.6 Å². The summed E-state index contributed by atoms with van der Waals surface area (Å²) in [6.07, 6.45) is 1.73. The summed E-state index contributed by atoms with van der Waals surface area (Å²) < 4.78 is 5.83. The van der Waals surface area contributed by atoms with E-state index in [9.17, 15) is 14.9 Å².